The predicted octanol–water partition coefficient (Wildman–Crippen LogP) is 5.87. The van der Waals surface area contributed by atoms with Crippen LogP contribution in [0.15, 0.2) is 59.3 Å². The van der Waals surface area contributed by atoms with E-state index < -0.39 is 12.4 Å². The third kappa shape index (κ3) is 3.98. The van der Waals surface area contributed by atoms with Gasteiger partial charge in [-0.3, -0.25) is 9.36 Å². The highest BCUT2D eigenvalue weighted by Crippen LogP contribution is 2.38. The average molecular weight is 494 g/mol. The van der Waals surface area contributed by atoms with Crippen LogP contribution in [-0.4, -0.2) is 46.5 Å². The van der Waals surface area contributed by atoms with Gasteiger partial charge in [0.25, 0.3) is 5.91 Å². The van der Waals surface area contributed by atoms with Gasteiger partial charge in [0.1, 0.15) is 17.2 Å². The normalized spacial score (nSPS) is 11.4. The van der Waals surface area contributed by atoms with Gasteiger partial charge in [-0.05, 0) is 42.0 Å². The summed E-state index contributed by atoms with van der Waals surface area (Å²) in [5.74, 6) is -0.875. The SMILES string of the molecule is CNc1nc(Nc2ccc(C(=O)N(C)C)cc2F)nc2c1c(-c1ccc3occc3c1)cn2C(F)F. The van der Waals surface area contributed by atoms with Crippen LogP contribution in [0, 0.1) is 5.82 Å². The minimum atomic E-state index is -2.88. The zero-order chi connectivity index (χ0) is 25.6. The molecule has 8 nitrogen and oxygen atoms in total. The van der Waals surface area contributed by atoms with Gasteiger partial charge in [-0.1, -0.05) is 6.07 Å². The average Bonchev–Trinajstić information content (AvgIpc) is 3.48. The quantitative estimate of drug-likeness (QED) is 0.307. The number of halogens is 3. The molecule has 5 rings (SSSR count). The summed E-state index contributed by atoms with van der Waals surface area (Å²) in [7, 11) is 4.74. The standard InChI is InChI=1S/C25H21F3N6O2/c1-29-21-20-16(13-5-7-19-14(10-13)8-9-36-19)12-34(24(27)28)22(20)32-25(31-21)30-18-6-4-15(11-17(18)26)23(35)33(2)3/h4-12,24H,1-3H3,(H2,29,30,31,32). The lowest BCUT2D eigenvalue weighted by molar-refractivity contribution is 0.0747. The first kappa shape index (κ1) is 23.2. The van der Waals surface area contributed by atoms with Gasteiger partial charge in [0, 0.05) is 43.9 Å². The lowest BCUT2D eigenvalue weighted by Crippen LogP contribution is -2.21. The van der Waals surface area contributed by atoms with Crippen LogP contribution in [0.25, 0.3) is 33.1 Å². The van der Waals surface area contributed by atoms with Crippen LogP contribution in [0.1, 0.15) is 16.9 Å². The minimum Gasteiger partial charge on any atom is -0.464 e. The maximum absolute atomic E-state index is 14.8. The number of carbonyl (C=O) groups is 1. The molecule has 2 aromatic carbocycles. The minimum absolute atomic E-state index is 0.00695. The van der Waals surface area contributed by atoms with Crippen molar-refractivity contribution in [2.75, 3.05) is 31.8 Å². The Bertz CT molecular complexity index is 1610. The number of hydrogen-bond donors (Lipinski definition) is 2. The van der Waals surface area contributed by atoms with Gasteiger partial charge in [0.05, 0.1) is 17.3 Å². The molecule has 36 heavy (non-hydrogen) atoms. The van der Waals surface area contributed by atoms with Crippen molar-refractivity contribution in [3.05, 3.63) is 66.3 Å². The number of fused-ring (bicyclic) bond motifs is 2. The Labute approximate surface area is 203 Å². The highest BCUT2D eigenvalue weighted by Gasteiger charge is 2.22. The maximum Gasteiger partial charge on any atom is 0.320 e. The topological polar surface area (TPSA) is 88.2 Å². The highest BCUT2D eigenvalue weighted by molar-refractivity contribution is 6.03. The predicted molar refractivity (Wildman–Crippen MR) is 131 cm³/mol. The number of alkyl halides is 2. The summed E-state index contributed by atoms with van der Waals surface area (Å²) >= 11 is 0. The van der Waals surface area contributed by atoms with E-state index in [4.69, 9.17) is 4.42 Å². The number of anilines is 3. The third-order valence-corrected chi connectivity index (χ3v) is 5.75. The second-order valence-corrected chi connectivity index (χ2v) is 8.26. The van der Waals surface area contributed by atoms with Gasteiger partial charge in [-0.25, -0.2) is 4.39 Å². The van der Waals surface area contributed by atoms with Crippen LogP contribution in [0.3, 0.4) is 0 Å². The van der Waals surface area contributed by atoms with Crippen LogP contribution < -0.4 is 10.6 Å². The molecule has 0 atom stereocenters. The van der Waals surface area contributed by atoms with E-state index in [1.54, 1.807) is 45.6 Å². The lowest BCUT2D eigenvalue weighted by atomic mass is 10.0. The number of hydrogen-bond acceptors (Lipinski definition) is 6. The Hall–Kier alpha value is -4.54. The molecule has 3 aromatic heterocycles. The van der Waals surface area contributed by atoms with E-state index in [2.05, 4.69) is 20.6 Å². The molecule has 0 radical (unpaired) electrons. The zero-order valence-corrected chi connectivity index (χ0v) is 19.5. The van der Waals surface area contributed by atoms with E-state index in [0.717, 1.165) is 16.0 Å². The molecule has 0 aliphatic carbocycles. The Morgan fingerprint density at radius 2 is 1.92 bits per heavy atom. The molecule has 0 aliphatic rings. The molecule has 11 heteroatoms. The van der Waals surface area contributed by atoms with Gasteiger partial charge in [0.2, 0.25) is 5.95 Å². The summed E-state index contributed by atoms with van der Waals surface area (Å²) in [5.41, 5.74) is 1.99. The second kappa shape index (κ2) is 8.91. The number of nitrogens with one attached hydrogen (secondary N) is 2. The molecule has 0 saturated carbocycles. The Balaban J connectivity index is 1.61. The molecule has 3 heterocycles. The molecule has 0 aliphatic heterocycles. The summed E-state index contributed by atoms with van der Waals surface area (Å²) in [6, 6.07) is 11.1. The first-order valence-corrected chi connectivity index (χ1v) is 10.9. The number of aromatic nitrogens is 3. The fraction of sp³-hybridized carbons (Fsp3) is 0.160. The van der Waals surface area contributed by atoms with Crippen molar-refractivity contribution in [2.24, 2.45) is 0 Å². The van der Waals surface area contributed by atoms with Gasteiger partial charge >= 0.3 is 6.55 Å². The number of furan rings is 1. The molecular weight excluding hydrogens is 473 g/mol. The molecule has 0 fully saturated rings. The van der Waals surface area contributed by atoms with E-state index in [-0.39, 0.29) is 34.6 Å². The molecule has 0 spiro atoms. The molecule has 2 N–H and O–H groups in total. The van der Waals surface area contributed by atoms with Crippen LogP contribution in [0.2, 0.25) is 0 Å². The fourth-order valence-corrected chi connectivity index (χ4v) is 4.02. The van der Waals surface area contributed by atoms with Crippen molar-refractivity contribution in [3.8, 4) is 11.1 Å². The Morgan fingerprint density at radius 3 is 2.61 bits per heavy atom. The molecule has 0 saturated heterocycles. The van der Waals surface area contributed by atoms with Crippen molar-refractivity contribution in [2.45, 2.75) is 6.55 Å². The zero-order valence-electron chi connectivity index (χ0n) is 19.5. The van der Waals surface area contributed by atoms with Gasteiger partial charge < -0.3 is 20.0 Å². The second-order valence-electron chi connectivity index (χ2n) is 8.26. The molecule has 1 amide bonds. The van der Waals surface area contributed by atoms with E-state index in [9.17, 15) is 18.0 Å². The van der Waals surface area contributed by atoms with Crippen LogP contribution in [0.5, 0.6) is 0 Å². The van der Waals surface area contributed by atoms with Crippen molar-refractivity contribution < 1.29 is 22.4 Å². The van der Waals surface area contributed by atoms with E-state index in [1.807, 2.05) is 6.07 Å². The largest absolute Gasteiger partial charge is 0.464 e. The van der Waals surface area contributed by atoms with Crippen molar-refractivity contribution >= 4 is 45.4 Å². The Morgan fingerprint density at radius 1 is 1.11 bits per heavy atom. The molecule has 0 unspecified atom stereocenters. The highest BCUT2D eigenvalue weighted by atomic mass is 19.3. The first-order valence-electron chi connectivity index (χ1n) is 10.9. The number of carbonyl (C=O) groups excluding carboxylic acids is 1. The molecule has 5 aromatic rings. The van der Waals surface area contributed by atoms with E-state index in [1.165, 1.54) is 23.2 Å². The maximum atomic E-state index is 14.8. The molecule has 184 valence electrons. The van der Waals surface area contributed by atoms with Crippen molar-refractivity contribution in [1.29, 1.82) is 0 Å². The summed E-state index contributed by atoms with van der Waals surface area (Å²) in [6.45, 7) is -2.88. The first-order chi connectivity index (χ1) is 17.3. The summed E-state index contributed by atoms with van der Waals surface area (Å²) in [4.78, 5) is 22.1. The number of amides is 1. The molecule has 0 bridgehead atoms. The van der Waals surface area contributed by atoms with Crippen LogP contribution in [0.4, 0.5) is 30.6 Å². The lowest BCUT2D eigenvalue weighted by Gasteiger charge is -2.13. The molecular formula is C25H21F3N6O2. The van der Waals surface area contributed by atoms with Crippen LogP contribution >= 0.6 is 0 Å². The number of nitrogens with zero attached hydrogens (tertiary/aromatic N) is 4. The van der Waals surface area contributed by atoms with Gasteiger partial charge in [0.15, 0.2) is 5.65 Å². The summed E-state index contributed by atoms with van der Waals surface area (Å²) in [5, 5.41) is 6.88. The van der Waals surface area contributed by atoms with E-state index >= 15 is 0 Å². The summed E-state index contributed by atoms with van der Waals surface area (Å²) in [6.07, 6.45) is 2.87. The smallest absolute Gasteiger partial charge is 0.320 e. The van der Waals surface area contributed by atoms with E-state index in [0.29, 0.717) is 22.1 Å². The number of benzene rings is 2. The van der Waals surface area contributed by atoms with Gasteiger partial charge in [-0.2, -0.15) is 18.7 Å². The monoisotopic (exact) mass is 494 g/mol. The third-order valence-electron chi connectivity index (χ3n) is 5.75. The Kier molecular flexibility index (Phi) is 5.75. The van der Waals surface area contributed by atoms with Gasteiger partial charge in [-0.15, -0.1) is 0 Å². The summed E-state index contributed by atoms with van der Waals surface area (Å²) < 4.78 is 48.9. The van der Waals surface area contributed by atoms with Crippen molar-refractivity contribution in [3.63, 3.8) is 0 Å². The number of rotatable bonds is 6. The van der Waals surface area contributed by atoms with Crippen molar-refractivity contribution in [1.82, 2.24) is 19.4 Å². The van der Waals surface area contributed by atoms with Crippen LogP contribution in [-0.2, 0) is 0 Å². The fourth-order valence-electron chi connectivity index (χ4n) is 4.02.